The van der Waals surface area contributed by atoms with Gasteiger partial charge in [0.1, 0.15) is 0 Å². The second-order valence-corrected chi connectivity index (χ2v) is 11.1. The van der Waals surface area contributed by atoms with Gasteiger partial charge >= 0.3 is 0 Å². The summed E-state index contributed by atoms with van der Waals surface area (Å²) >= 11 is 1.71. The second-order valence-electron chi connectivity index (χ2n) is 8.14. The molecule has 2 aliphatic rings. The zero-order chi connectivity index (χ0) is 23.1. The highest BCUT2D eigenvalue weighted by Gasteiger charge is 2.26. The molecule has 0 radical (unpaired) electrons. The summed E-state index contributed by atoms with van der Waals surface area (Å²) in [4.78, 5) is 16.4. The van der Waals surface area contributed by atoms with E-state index in [0.29, 0.717) is 58.9 Å². The summed E-state index contributed by atoms with van der Waals surface area (Å²) in [6.07, 6.45) is 0.917. The highest BCUT2D eigenvalue weighted by molar-refractivity contribution is 7.89. The van der Waals surface area contributed by atoms with Gasteiger partial charge in [0.25, 0.3) is 0 Å². The molecule has 1 N–H and O–H groups in total. The number of benzene rings is 1. The van der Waals surface area contributed by atoms with Crippen molar-refractivity contribution in [3.63, 3.8) is 0 Å². The molecule has 0 bridgehead atoms. The quantitative estimate of drug-likeness (QED) is 0.574. The summed E-state index contributed by atoms with van der Waals surface area (Å²) in [5.74, 6) is -0.00479. The van der Waals surface area contributed by atoms with E-state index in [2.05, 4.69) is 21.7 Å². The Bertz CT molecular complexity index is 984. The van der Waals surface area contributed by atoms with Crippen molar-refractivity contribution in [3.8, 4) is 0 Å². The van der Waals surface area contributed by atoms with Gasteiger partial charge in [0.15, 0.2) is 0 Å². The number of ether oxygens (including phenoxy) is 2. The van der Waals surface area contributed by atoms with Crippen molar-refractivity contribution in [2.45, 2.75) is 23.8 Å². The summed E-state index contributed by atoms with van der Waals surface area (Å²) in [5, 5.41) is 5.15. The molecular weight excluding hydrogens is 462 g/mol. The highest BCUT2D eigenvalue weighted by Crippen LogP contribution is 2.25. The molecule has 1 aromatic heterocycles. The predicted molar refractivity (Wildman–Crippen MR) is 127 cm³/mol. The van der Waals surface area contributed by atoms with Crippen molar-refractivity contribution in [2.24, 2.45) is 0 Å². The molecule has 10 heteroatoms. The Kier molecular flexibility index (Phi) is 8.50. The zero-order valence-corrected chi connectivity index (χ0v) is 20.3. The molecule has 4 rings (SSSR count). The Morgan fingerprint density at radius 3 is 2.30 bits per heavy atom. The predicted octanol–water partition coefficient (Wildman–Crippen LogP) is 1.89. The lowest BCUT2D eigenvalue weighted by Crippen LogP contribution is -2.43. The van der Waals surface area contributed by atoms with Crippen LogP contribution < -0.4 is 5.32 Å². The molecule has 33 heavy (non-hydrogen) atoms. The molecule has 0 aliphatic carbocycles. The van der Waals surface area contributed by atoms with E-state index in [4.69, 9.17) is 9.47 Å². The van der Waals surface area contributed by atoms with Crippen LogP contribution >= 0.6 is 11.3 Å². The van der Waals surface area contributed by atoms with E-state index >= 15 is 0 Å². The normalized spacial score (nSPS) is 19.3. The SMILES string of the molecule is O=C(CCc1ccc(S(=O)(=O)N2CCOCC2)cc1)NCC(c1cccs1)N1CCOCC1. The number of hydrogen-bond donors (Lipinski definition) is 1. The number of thiophene rings is 1. The first-order chi connectivity index (χ1) is 16.0. The minimum Gasteiger partial charge on any atom is -0.379 e. The third kappa shape index (κ3) is 6.40. The lowest BCUT2D eigenvalue weighted by atomic mass is 10.1. The van der Waals surface area contributed by atoms with Crippen molar-refractivity contribution in [1.82, 2.24) is 14.5 Å². The molecule has 1 atom stereocenters. The van der Waals surface area contributed by atoms with Crippen LogP contribution in [0.1, 0.15) is 22.9 Å². The number of nitrogens with one attached hydrogen (secondary N) is 1. The minimum absolute atomic E-state index is 0.00479. The van der Waals surface area contributed by atoms with Crippen LogP contribution in [-0.2, 0) is 30.7 Å². The van der Waals surface area contributed by atoms with Crippen molar-refractivity contribution in [3.05, 3.63) is 52.2 Å². The Hall–Kier alpha value is -1.82. The maximum Gasteiger partial charge on any atom is 0.243 e. The van der Waals surface area contributed by atoms with Gasteiger partial charge in [0, 0.05) is 44.0 Å². The maximum absolute atomic E-state index is 12.7. The summed E-state index contributed by atoms with van der Waals surface area (Å²) in [6, 6.07) is 11.2. The van der Waals surface area contributed by atoms with E-state index in [1.54, 1.807) is 35.6 Å². The van der Waals surface area contributed by atoms with Crippen LogP contribution in [-0.4, -0.2) is 82.7 Å². The molecule has 1 amide bonds. The van der Waals surface area contributed by atoms with Crippen molar-refractivity contribution in [2.75, 3.05) is 59.2 Å². The van der Waals surface area contributed by atoms with Crippen LogP contribution in [0.2, 0.25) is 0 Å². The molecule has 1 unspecified atom stereocenters. The van der Waals surface area contributed by atoms with Gasteiger partial charge in [0.05, 0.1) is 37.4 Å². The lowest BCUT2D eigenvalue weighted by Gasteiger charge is -2.34. The van der Waals surface area contributed by atoms with Gasteiger partial charge in [-0.05, 0) is 35.6 Å². The molecule has 1 aromatic carbocycles. The number of aryl methyl sites for hydroxylation is 1. The molecule has 2 aromatic rings. The van der Waals surface area contributed by atoms with Crippen LogP contribution in [0.15, 0.2) is 46.7 Å². The smallest absolute Gasteiger partial charge is 0.243 e. The number of rotatable bonds is 9. The van der Waals surface area contributed by atoms with Gasteiger partial charge in [-0.1, -0.05) is 18.2 Å². The summed E-state index contributed by atoms with van der Waals surface area (Å²) < 4.78 is 37.6. The second kappa shape index (κ2) is 11.5. The Morgan fingerprint density at radius 1 is 1.00 bits per heavy atom. The van der Waals surface area contributed by atoms with E-state index in [9.17, 15) is 13.2 Å². The Labute approximate surface area is 199 Å². The first kappa shape index (κ1) is 24.3. The van der Waals surface area contributed by atoms with Gasteiger partial charge in [0.2, 0.25) is 15.9 Å². The molecule has 180 valence electrons. The fourth-order valence-corrected chi connectivity index (χ4v) is 6.37. The first-order valence-corrected chi connectivity index (χ1v) is 13.6. The van der Waals surface area contributed by atoms with Crippen LogP contribution in [0.3, 0.4) is 0 Å². The molecule has 0 saturated carbocycles. The van der Waals surface area contributed by atoms with Crippen molar-refractivity contribution in [1.29, 1.82) is 0 Å². The van der Waals surface area contributed by atoms with Gasteiger partial charge in [-0.15, -0.1) is 11.3 Å². The van der Waals surface area contributed by atoms with E-state index in [1.807, 2.05) is 6.07 Å². The fourth-order valence-electron chi connectivity index (χ4n) is 4.10. The number of sulfonamides is 1. The molecule has 2 aliphatic heterocycles. The molecule has 8 nitrogen and oxygen atoms in total. The van der Waals surface area contributed by atoms with E-state index in [0.717, 1.165) is 18.7 Å². The number of carbonyl (C=O) groups excluding carboxylic acids is 1. The third-order valence-corrected chi connectivity index (χ3v) is 8.91. The number of nitrogens with zero attached hydrogens (tertiary/aromatic N) is 2. The van der Waals surface area contributed by atoms with Gasteiger partial charge in [-0.25, -0.2) is 8.42 Å². The average Bonchev–Trinajstić information content (AvgIpc) is 3.39. The number of carbonyl (C=O) groups is 1. The standard InChI is InChI=1S/C23H31N3O5S2/c27-23(24-18-21(22-2-1-17-32-22)25-9-13-30-14-10-25)8-5-19-3-6-20(7-4-19)33(28,29)26-11-15-31-16-12-26/h1-4,6-7,17,21H,5,8-16,18H2,(H,24,27). The number of hydrogen-bond acceptors (Lipinski definition) is 7. The average molecular weight is 494 g/mol. The maximum atomic E-state index is 12.7. The fraction of sp³-hybridized carbons (Fsp3) is 0.522. The molecule has 2 saturated heterocycles. The van der Waals surface area contributed by atoms with E-state index in [1.165, 1.54) is 9.18 Å². The Morgan fingerprint density at radius 2 is 1.67 bits per heavy atom. The minimum atomic E-state index is -3.50. The first-order valence-electron chi connectivity index (χ1n) is 11.3. The van der Waals surface area contributed by atoms with Gasteiger partial charge in [-0.3, -0.25) is 9.69 Å². The van der Waals surface area contributed by atoms with Crippen LogP contribution in [0, 0.1) is 0 Å². The third-order valence-electron chi connectivity index (χ3n) is 6.02. The van der Waals surface area contributed by atoms with Crippen molar-refractivity contribution >= 4 is 27.3 Å². The highest BCUT2D eigenvalue weighted by atomic mass is 32.2. The van der Waals surface area contributed by atoms with E-state index in [-0.39, 0.29) is 16.8 Å². The molecule has 3 heterocycles. The summed E-state index contributed by atoms with van der Waals surface area (Å²) in [6.45, 7) is 5.31. The van der Waals surface area contributed by atoms with Crippen LogP contribution in [0.25, 0.3) is 0 Å². The molecule has 2 fully saturated rings. The summed E-state index contributed by atoms with van der Waals surface area (Å²) in [7, 11) is -3.50. The van der Waals surface area contributed by atoms with Crippen LogP contribution in [0.5, 0.6) is 0 Å². The van der Waals surface area contributed by atoms with Crippen molar-refractivity contribution < 1.29 is 22.7 Å². The topological polar surface area (TPSA) is 88.2 Å². The number of amides is 1. The summed E-state index contributed by atoms with van der Waals surface area (Å²) in [5.41, 5.74) is 0.939. The zero-order valence-electron chi connectivity index (χ0n) is 18.6. The number of morpholine rings is 2. The van der Waals surface area contributed by atoms with Crippen LogP contribution in [0.4, 0.5) is 0 Å². The molecular formula is C23H31N3O5S2. The van der Waals surface area contributed by atoms with Gasteiger partial charge in [-0.2, -0.15) is 4.31 Å². The van der Waals surface area contributed by atoms with E-state index < -0.39 is 10.0 Å². The monoisotopic (exact) mass is 493 g/mol. The lowest BCUT2D eigenvalue weighted by molar-refractivity contribution is -0.121. The van der Waals surface area contributed by atoms with Gasteiger partial charge < -0.3 is 14.8 Å². The Balaban J connectivity index is 1.28. The molecule has 0 spiro atoms. The largest absolute Gasteiger partial charge is 0.379 e.